The summed E-state index contributed by atoms with van der Waals surface area (Å²) in [6.07, 6.45) is 1.53. The van der Waals surface area contributed by atoms with Crippen molar-refractivity contribution in [3.63, 3.8) is 0 Å². The summed E-state index contributed by atoms with van der Waals surface area (Å²) >= 11 is 5.20. The van der Waals surface area contributed by atoms with E-state index in [4.69, 9.17) is 11.6 Å². The number of halogens is 1. The second kappa shape index (κ2) is 3.93. The highest BCUT2D eigenvalue weighted by Crippen LogP contribution is 2.07. The van der Waals surface area contributed by atoms with Gasteiger partial charge < -0.3 is 0 Å². The number of hydrogen-bond donors (Lipinski definition) is 1. The van der Waals surface area contributed by atoms with E-state index in [1.54, 1.807) is 12.1 Å². The van der Waals surface area contributed by atoms with Crippen molar-refractivity contribution in [1.29, 1.82) is 0 Å². The summed E-state index contributed by atoms with van der Waals surface area (Å²) in [7, 11) is -3.44. The first-order chi connectivity index (χ1) is 6.03. The average Bonchev–Trinajstić information content (AvgIpc) is 2.03. The Morgan fingerprint density at radius 2 is 2.31 bits per heavy atom. The van der Waals surface area contributed by atoms with Crippen molar-refractivity contribution in [2.45, 2.75) is 6.92 Å². The quantitative estimate of drug-likeness (QED) is 0.782. The number of sulfonamides is 1. The molecule has 0 radical (unpaired) electrons. The van der Waals surface area contributed by atoms with Crippen molar-refractivity contribution in [3.8, 4) is 0 Å². The fourth-order valence-electron chi connectivity index (χ4n) is 0.779. The van der Waals surface area contributed by atoms with Crippen molar-refractivity contribution in [1.82, 2.24) is 4.98 Å². The highest BCUT2D eigenvalue weighted by molar-refractivity contribution is 7.93. The van der Waals surface area contributed by atoms with Gasteiger partial charge in [0.2, 0.25) is 10.0 Å². The zero-order valence-electron chi connectivity index (χ0n) is 6.99. The van der Waals surface area contributed by atoms with Gasteiger partial charge in [0, 0.05) is 6.20 Å². The van der Waals surface area contributed by atoms with Gasteiger partial charge in [-0.1, -0.05) is 0 Å². The van der Waals surface area contributed by atoms with Crippen LogP contribution in [0.2, 0.25) is 0 Å². The predicted molar refractivity (Wildman–Crippen MR) is 52.2 cm³/mol. The molecule has 4 nitrogen and oxygen atoms in total. The lowest BCUT2D eigenvalue weighted by Gasteiger charge is -2.03. The molecule has 0 amide bonds. The first-order valence-electron chi connectivity index (χ1n) is 3.52. The maximum atomic E-state index is 11.0. The van der Waals surface area contributed by atoms with Crippen LogP contribution < -0.4 is 4.72 Å². The topological polar surface area (TPSA) is 59.1 Å². The Kier molecular flexibility index (Phi) is 3.11. The first-order valence-corrected chi connectivity index (χ1v) is 5.71. The van der Waals surface area contributed by atoms with E-state index < -0.39 is 15.2 Å². The van der Waals surface area contributed by atoms with E-state index >= 15 is 0 Å². The van der Waals surface area contributed by atoms with Crippen LogP contribution in [0.15, 0.2) is 18.3 Å². The number of aryl methyl sites for hydroxylation is 1. The Labute approximate surface area is 82.0 Å². The van der Waals surface area contributed by atoms with Gasteiger partial charge in [0.1, 0.15) is 11.0 Å². The van der Waals surface area contributed by atoms with Gasteiger partial charge in [-0.2, -0.15) is 0 Å². The number of alkyl halides is 1. The zero-order valence-corrected chi connectivity index (χ0v) is 8.56. The van der Waals surface area contributed by atoms with Gasteiger partial charge in [0.15, 0.2) is 0 Å². The predicted octanol–water partition coefficient (Wildman–Crippen LogP) is 1.33. The van der Waals surface area contributed by atoms with Gasteiger partial charge in [0.05, 0.1) is 0 Å². The largest absolute Gasteiger partial charge is 0.266 e. The number of pyridine rings is 1. The fourth-order valence-corrected chi connectivity index (χ4v) is 1.43. The van der Waals surface area contributed by atoms with E-state index in [0.717, 1.165) is 5.56 Å². The third-order valence-electron chi connectivity index (χ3n) is 1.32. The van der Waals surface area contributed by atoms with Gasteiger partial charge in [-0.05, 0) is 24.6 Å². The molecular formula is C7H9ClN2O2S. The Balaban J connectivity index is 2.87. The van der Waals surface area contributed by atoms with E-state index in [1.165, 1.54) is 6.20 Å². The van der Waals surface area contributed by atoms with Gasteiger partial charge >= 0.3 is 0 Å². The lowest BCUT2D eigenvalue weighted by Crippen LogP contribution is -2.14. The molecule has 0 atom stereocenters. The van der Waals surface area contributed by atoms with Crippen LogP contribution in [0.25, 0.3) is 0 Å². The van der Waals surface area contributed by atoms with Crippen LogP contribution in [0.5, 0.6) is 0 Å². The second-order valence-electron chi connectivity index (χ2n) is 2.54. The molecule has 1 rings (SSSR count). The lowest BCUT2D eigenvalue weighted by atomic mass is 10.3. The average molecular weight is 221 g/mol. The van der Waals surface area contributed by atoms with Gasteiger partial charge in [0.25, 0.3) is 0 Å². The molecule has 1 heterocycles. The summed E-state index contributed by atoms with van der Waals surface area (Å²) in [6.45, 7) is 1.85. The normalized spacial score (nSPS) is 11.2. The van der Waals surface area contributed by atoms with E-state index in [9.17, 15) is 8.42 Å². The van der Waals surface area contributed by atoms with Crippen molar-refractivity contribution in [2.24, 2.45) is 0 Å². The maximum Gasteiger partial charge on any atom is 0.247 e. The van der Waals surface area contributed by atoms with E-state index in [1.807, 2.05) is 6.92 Å². The number of rotatable bonds is 3. The Bertz CT molecular complexity index is 391. The molecule has 0 fully saturated rings. The van der Waals surface area contributed by atoms with Crippen LogP contribution >= 0.6 is 11.6 Å². The smallest absolute Gasteiger partial charge is 0.247 e. The molecule has 72 valence electrons. The summed E-state index contributed by atoms with van der Waals surface area (Å²) in [5, 5.41) is -0.470. The Hall–Kier alpha value is -0.810. The summed E-state index contributed by atoms with van der Waals surface area (Å²) < 4.78 is 24.2. The lowest BCUT2D eigenvalue weighted by molar-refractivity contribution is 0.605. The van der Waals surface area contributed by atoms with E-state index in [-0.39, 0.29) is 0 Å². The molecule has 0 aliphatic heterocycles. The summed E-state index contributed by atoms with van der Waals surface area (Å²) in [4.78, 5) is 3.82. The minimum absolute atomic E-state index is 0.292. The molecule has 0 aliphatic carbocycles. The Morgan fingerprint density at radius 3 is 2.85 bits per heavy atom. The number of nitrogens with zero attached hydrogens (tertiary/aromatic N) is 1. The summed E-state index contributed by atoms with van der Waals surface area (Å²) in [5.74, 6) is 0.292. The van der Waals surface area contributed by atoms with E-state index in [2.05, 4.69) is 9.71 Å². The second-order valence-corrected chi connectivity index (χ2v) is 4.85. The standard InChI is InChI=1S/C7H9ClN2O2S/c1-6-2-3-9-7(4-6)10-13(11,12)5-8/h2-4H,5H2,1H3,(H,9,10). The molecule has 0 spiro atoms. The van der Waals surface area contributed by atoms with Gasteiger partial charge in [-0.3, -0.25) is 4.72 Å². The molecule has 6 heteroatoms. The number of hydrogen-bond acceptors (Lipinski definition) is 3. The molecule has 1 N–H and O–H groups in total. The van der Waals surface area contributed by atoms with Crippen molar-refractivity contribution >= 4 is 27.4 Å². The SMILES string of the molecule is Cc1ccnc(NS(=O)(=O)CCl)c1. The zero-order chi connectivity index (χ0) is 9.90. The van der Waals surface area contributed by atoms with Crippen LogP contribution in [-0.4, -0.2) is 18.6 Å². The highest BCUT2D eigenvalue weighted by atomic mass is 35.5. The molecule has 0 aliphatic rings. The van der Waals surface area contributed by atoms with Gasteiger partial charge in [-0.25, -0.2) is 13.4 Å². The fraction of sp³-hybridized carbons (Fsp3) is 0.286. The molecule has 0 saturated carbocycles. The summed E-state index contributed by atoms with van der Waals surface area (Å²) in [6, 6.07) is 3.41. The van der Waals surface area contributed by atoms with Crippen molar-refractivity contribution in [2.75, 3.05) is 9.93 Å². The van der Waals surface area contributed by atoms with Crippen LogP contribution in [0.1, 0.15) is 5.56 Å². The molecule has 0 bridgehead atoms. The van der Waals surface area contributed by atoms with Crippen LogP contribution in [0.4, 0.5) is 5.82 Å². The molecule has 0 unspecified atom stereocenters. The molecule has 1 aromatic heterocycles. The highest BCUT2D eigenvalue weighted by Gasteiger charge is 2.07. The molecule has 0 saturated heterocycles. The Morgan fingerprint density at radius 1 is 1.62 bits per heavy atom. The first kappa shape index (κ1) is 10.3. The van der Waals surface area contributed by atoms with E-state index in [0.29, 0.717) is 5.82 Å². The summed E-state index contributed by atoms with van der Waals surface area (Å²) in [5.41, 5.74) is 0.933. The number of anilines is 1. The van der Waals surface area contributed by atoms with Crippen LogP contribution in [0, 0.1) is 6.92 Å². The van der Waals surface area contributed by atoms with Crippen LogP contribution in [-0.2, 0) is 10.0 Å². The van der Waals surface area contributed by atoms with Crippen molar-refractivity contribution < 1.29 is 8.42 Å². The molecule has 1 aromatic rings. The number of aromatic nitrogens is 1. The molecular weight excluding hydrogens is 212 g/mol. The van der Waals surface area contributed by atoms with Crippen LogP contribution in [0.3, 0.4) is 0 Å². The number of nitrogens with one attached hydrogen (secondary N) is 1. The maximum absolute atomic E-state index is 11.0. The third-order valence-corrected chi connectivity index (χ3v) is 2.99. The minimum Gasteiger partial charge on any atom is -0.266 e. The minimum atomic E-state index is -3.44. The van der Waals surface area contributed by atoms with Gasteiger partial charge in [-0.15, -0.1) is 11.6 Å². The monoisotopic (exact) mass is 220 g/mol. The molecule has 0 aromatic carbocycles. The third kappa shape index (κ3) is 3.20. The van der Waals surface area contributed by atoms with Crippen molar-refractivity contribution in [3.05, 3.63) is 23.9 Å². The molecule has 13 heavy (non-hydrogen) atoms.